The van der Waals surface area contributed by atoms with Crippen LogP contribution in [0.1, 0.15) is 0 Å². The maximum absolute atomic E-state index is 9.51. The van der Waals surface area contributed by atoms with Gasteiger partial charge in [0.15, 0.2) is 11.9 Å². The number of nitrogens with zero attached hydrogens (tertiary/aromatic N) is 2. The van der Waals surface area contributed by atoms with E-state index >= 15 is 0 Å². The topological polar surface area (TPSA) is 67.5 Å². The predicted molar refractivity (Wildman–Crippen MR) is 76.5 cm³/mol. The van der Waals surface area contributed by atoms with Gasteiger partial charge in [-0.05, 0) is 6.07 Å². The second-order valence-electron chi connectivity index (χ2n) is 2.96. The molecule has 0 aliphatic rings. The number of rotatable bonds is 0. The Morgan fingerprint density at radius 2 is 2.00 bits per heavy atom. The Bertz CT molecular complexity index is 325. The lowest BCUT2D eigenvalue weighted by Crippen LogP contribution is -2.35. The Morgan fingerprint density at radius 3 is 2.25 bits per heavy atom. The summed E-state index contributed by atoms with van der Waals surface area (Å²) in [7, 11) is 4.71. The molecule has 7 heteroatoms. The second kappa shape index (κ2) is 8.79. The van der Waals surface area contributed by atoms with Gasteiger partial charge in [-0.3, -0.25) is 0 Å². The van der Waals surface area contributed by atoms with Crippen LogP contribution in [0.5, 0.6) is 5.75 Å². The molecule has 0 bridgehead atoms. The van der Waals surface area contributed by atoms with Crippen LogP contribution in [0, 0.1) is 3.70 Å². The van der Waals surface area contributed by atoms with Crippen LogP contribution in [0.4, 0.5) is 4.79 Å². The summed E-state index contributed by atoms with van der Waals surface area (Å²) in [4.78, 5) is 10.5. The van der Waals surface area contributed by atoms with Gasteiger partial charge >= 0.3 is 0 Å². The summed E-state index contributed by atoms with van der Waals surface area (Å²) in [5, 5.41) is 18.6. The number of pyridine rings is 1. The average Bonchev–Trinajstić information content (AvgIpc) is 2.15. The van der Waals surface area contributed by atoms with E-state index in [0.717, 1.165) is 8.60 Å². The Morgan fingerprint density at radius 1 is 1.56 bits per heavy atom. The van der Waals surface area contributed by atoms with Crippen molar-refractivity contribution in [3.63, 3.8) is 0 Å². The van der Waals surface area contributed by atoms with Gasteiger partial charge in [0.1, 0.15) is 13.1 Å². The molecular formula is C9H14I2N2O3. The molecule has 1 aromatic rings. The monoisotopic (exact) mass is 452 g/mol. The highest BCUT2D eigenvalue weighted by Gasteiger charge is 2.05. The number of aromatic hydroxyl groups is 1. The van der Waals surface area contributed by atoms with Crippen LogP contribution < -0.4 is 9.67 Å². The van der Waals surface area contributed by atoms with E-state index in [0.29, 0.717) is 5.75 Å². The van der Waals surface area contributed by atoms with Crippen LogP contribution in [0.3, 0.4) is 0 Å². The molecule has 5 nitrogen and oxygen atoms in total. The highest BCUT2D eigenvalue weighted by Crippen LogP contribution is 2.11. The minimum Gasteiger partial charge on any atom is -0.530 e. The molecule has 92 valence electrons. The van der Waals surface area contributed by atoms with E-state index in [1.807, 2.05) is 17.8 Å². The molecule has 0 saturated carbocycles. The highest BCUT2D eigenvalue weighted by molar-refractivity contribution is 14.1. The molecule has 0 radical (unpaired) electrons. The molecule has 0 fully saturated rings. The van der Waals surface area contributed by atoms with E-state index in [-0.39, 0.29) is 24.0 Å². The van der Waals surface area contributed by atoms with Gasteiger partial charge in [0, 0.05) is 42.8 Å². The van der Waals surface area contributed by atoms with E-state index < -0.39 is 6.09 Å². The van der Waals surface area contributed by atoms with Crippen molar-refractivity contribution in [3.05, 3.63) is 22.0 Å². The van der Waals surface area contributed by atoms with Crippen LogP contribution in [0.2, 0.25) is 0 Å². The van der Waals surface area contributed by atoms with Crippen LogP contribution in [0.25, 0.3) is 0 Å². The third-order valence-corrected chi connectivity index (χ3v) is 2.76. The lowest BCUT2D eigenvalue weighted by molar-refractivity contribution is -0.684. The normalized spacial score (nSPS) is 8.25. The predicted octanol–water partition coefficient (Wildman–Crippen LogP) is 0.331. The number of aromatic nitrogens is 1. The Labute approximate surface area is 125 Å². The fourth-order valence-corrected chi connectivity index (χ4v) is 0.919. The van der Waals surface area contributed by atoms with Crippen LogP contribution in [0.15, 0.2) is 18.3 Å². The van der Waals surface area contributed by atoms with E-state index in [1.165, 1.54) is 14.1 Å². The van der Waals surface area contributed by atoms with Crippen molar-refractivity contribution in [3.8, 4) is 5.75 Å². The number of amides is 1. The molecule has 0 saturated heterocycles. The van der Waals surface area contributed by atoms with E-state index in [1.54, 1.807) is 12.1 Å². The molecule has 16 heavy (non-hydrogen) atoms. The van der Waals surface area contributed by atoms with E-state index in [2.05, 4.69) is 22.6 Å². The molecule has 0 spiro atoms. The number of hydrogen-bond acceptors (Lipinski definition) is 3. The number of carbonyl (C=O) groups excluding carboxylic acids is 1. The van der Waals surface area contributed by atoms with Gasteiger partial charge in [-0.15, -0.1) is 24.0 Å². The van der Waals surface area contributed by atoms with Gasteiger partial charge in [0.2, 0.25) is 0 Å². The maximum Gasteiger partial charge on any atom is 0.282 e. The molecular weight excluding hydrogens is 438 g/mol. The fourth-order valence-electron chi connectivity index (χ4n) is 0.578. The Hall–Kier alpha value is -0.320. The summed E-state index contributed by atoms with van der Waals surface area (Å²) >= 11 is 2.08. The zero-order valence-electron chi connectivity index (χ0n) is 9.18. The maximum atomic E-state index is 9.51. The number of aryl methyl sites for hydroxylation is 1. The number of hydrogen-bond donors (Lipinski definition) is 1. The van der Waals surface area contributed by atoms with Crippen LogP contribution in [-0.2, 0) is 7.05 Å². The molecule has 0 atom stereocenters. The minimum atomic E-state index is -1.16. The Kier molecular flexibility index (Phi) is 9.92. The lowest BCUT2D eigenvalue weighted by Gasteiger charge is -2.10. The molecule has 0 aliphatic carbocycles. The van der Waals surface area contributed by atoms with Crippen molar-refractivity contribution in [2.24, 2.45) is 7.05 Å². The first-order chi connectivity index (χ1) is 6.86. The first-order valence-electron chi connectivity index (χ1n) is 4.07. The van der Waals surface area contributed by atoms with Gasteiger partial charge in [0.05, 0.1) is 0 Å². The van der Waals surface area contributed by atoms with Gasteiger partial charge in [-0.2, -0.15) is 4.57 Å². The third-order valence-electron chi connectivity index (χ3n) is 1.45. The molecule has 1 rings (SSSR count). The number of halogens is 2. The molecule has 0 aliphatic heterocycles. The molecule has 0 unspecified atom stereocenters. The standard InChI is InChI=1S/C6H6INO.C3H7NO2.HI/c1-8-4-2-3-5(9)6(8)7;1-4(2)3(5)6;/h2-4H,1H3;1-2H3,(H,5,6);1H. The third kappa shape index (κ3) is 7.04. The van der Waals surface area contributed by atoms with E-state index in [4.69, 9.17) is 5.11 Å². The number of carbonyl (C=O) groups is 1. The van der Waals surface area contributed by atoms with Gasteiger partial charge < -0.3 is 19.9 Å². The quantitative estimate of drug-likeness (QED) is 0.351. The molecule has 1 aromatic heterocycles. The highest BCUT2D eigenvalue weighted by atomic mass is 127. The van der Waals surface area contributed by atoms with Crippen LogP contribution in [-0.4, -0.2) is 30.2 Å². The smallest absolute Gasteiger partial charge is 0.282 e. The zero-order chi connectivity index (χ0) is 12.0. The molecule has 1 heterocycles. The van der Waals surface area contributed by atoms with Crippen molar-refractivity contribution < 1.29 is 19.6 Å². The molecule has 1 amide bonds. The summed E-state index contributed by atoms with van der Waals surface area (Å²) < 4.78 is 2.71. The summed E-state index contributed by atoms with van der Waals surface area (Å²) in [5.41, 5.74) is 0. The van der Waals surface area contributed by atoms with Crippen molar-refractivity contribution in [1.82, 2.24) is 4.90 Å². The zero-order valence-corrected chi connectivity index (χ0v) is 13.7. The Balaban J connectivity index is 0. The average molecular weight is 452 g/mol. The van der Waals surface area contributed by atoms with Gasteiger partial charge in [0.25, 0.3) is 3.70 Å². The number of carboxylic acid groups (broad SMARTS) is 1. The minimum absolute atomic E-state index is 0. The molecule has 1 N–H and O–H groups in total. The largest absolute Gasteiger partial charge is 0.530 e. The molecule has 0 aromatic carbocycles. The van der Waals surface area contributed by atoms with Crippen molar-refractivity contribution >= 4 is 52.7 Å². The second-order valence-corrected chi connectivity index (χ2v) is 3.98. The van der Waals surface area contributed by atoms with Crippen molar-refractivity contribution in [1.29, 1.82) is 0 Å². The summed E-state index contributed by atoms with van der Waals surface area (Å²) in [5.74, 6) is 0.334. The SMILES string of the molecule is CN(C)C(=O)[O-].C[n+]1cccc(O)c1I.I. The van der Waals surface area contributed by atoms with E-state index in [9.17, 15) is 9.90 Å². The van der Waals surface area contributed by atoms with Crippen molar-refractivity contribution in [2.75, 3.05) is 14.1 Å². The first-order valence-corrected chi connectivity index (χ1v) is 5.15. The van der Waals surface area contributed by atoms with Crippen molar-refractivity contribution in [2.45, 2.75) is 0 Å². The van der Waals surface area contributed by atoms with Crippen LogP contribution >= 0.6 is 46.6 Å². The summed E-state index contributed by atoms with van der Waals surface area (Å²) in [6, 6.07) is 3.47. The summed E-state index contributed by atoms with van der Waals surface area (Å²) in [6.07, 6.45) is 0.733. The van der Waals surface area contributed by atoms with Gasteiger partial charge in [-0.25, -0.2) is 0 Å². The lowest BCUT2D eigenvalue weighted by atomic mass is 10.5. The summed E-state index contributed by atoms with van der Waals surface area (Å²) in [6.45, 7) is 0. The fraction of sp³-hybridized carbons (Fsp3) is 0.333. The first kappa shape index (κ1) is 18.1. The van der Waals surface area contributed by atoms with Gasteiger partial charge in [-0.1, -0.05) is 0 Å².